The first kappa shape index (κ1) is 32.5. The van der Waals surface area contributed by atoms with Crippen LogP contribution in [-0.4, -0.2) is 48.7 Å². The third kappa shape index (κ3) is 10.7. The predicted molar refractivity (Wildman–Crippen MR) is 171 cm³/mol. The molecule has 0 aliphatic carbocycles. The van der Waals surface area contributed by atoms with Crippen LogP contribution >= 0.6 is 0 Å². The van der Waals surface area contributed by atoms with Gasteiger partial charge in [-0.2, -0.15) is 0 Å². The Morgan fingerprint density at radius 1 is 0.568 bits per heavy atom. The topological polar surface area (TPSA) is 110 Å². The summed E-state index contributed by atoms with van der Waals surface area (Å²) in [6.45, 7) is 4.74. The summed E-state index contributed by atoms with van der Waals surface area (Å²) in [5.74, 6) is 1.58. The number of benzene rings is 2. The smallest absolute Gasteiger partial charge is 0.385 e. The molecule has 2 heterocycles. The number of hydrogen-bond donors (Lipinski definition) is 2. The molecule has 0 atom stereocenters. The fourth-order valence-electron chi connectivity index (χ4n) is 4.37. The number of aromatic nitrogens is 4. The van der Waals surface area contributed by atoms with E-state index in [-0.39, 0.29) is 0 Å². The van der Waals surface area contributed by atoms with Crippen LogP contribution in [0.3, 0.4) is 0 Å². The van der Waals surface area contributed by atoms with Crippen LogP contribution in [0.15, 0.2) is 93.8 Å². The zero-order valence-corrected chi connectivity index (χ0v) is 26.4. The van der Waals surface area contributed by atoms with Crippen LogP contribution in [0.25, 0.3) is 0 Å². The Kier molecular flexibility index (Phi) is 13.0. The molecule has 0 bridgehead atoms. The van der Waals surface area contributed by atoms with E-state index in [1.807, 2.05) is 120 Å². The lowest BCUT2D eigenvalue weighted by Crippen LogP contribution is -2.25. The van der Waals surface area contributed by atoms with E-state index in [1.165, 1.54) is 0 Å². The van der Waals surface area contributed by atoms with E-state index in [9.17, 15) is 0 Å². The molecule has 0 amide bonds. The third-order valence-corrected chi connectivity index (χ3v) is 6.95. The molecule has 4 rings (SSSR count). The van der Waals surface area contributed by atoms with Crippen LogP contribution in [-0.2, 0) is 37.7 Å². The summed E-state index contributed by atoms with van der Waals surface area (Å²) >= 11 is 0. The normalized spacial score (nSPS) is 11.6. The highest BCUT2D eigenvalue weighted by molar-refractivity contribution is 5.51. The Bertz CT molecular complexity index is 1310. The molecular formula is C32H46N10O2+2. The highest BCUT2D eigenvalue weighted by Gasteiger charge is 2.11. The molecule has 12 nitrogen and oxygen atoms in total. The van der Waals surface area contributed by atoms with Gasteiger partial charge in [0.15, 0.2) is 0 Å². The minimum Gasteiger partial charge on any atom is -0.385 e. The van der Waals surface area contributed by atoms with E-state index >= 15 is 0 Å². The zero-order valence-electron chi connectivity index (χ0n) is 26.4. The number of imidazole rings is 2. The maximum atomic E-state index is 5.77. The van der Waals surface area contributed by atoms with Gasteiger partial charge in [0.05, 0.1) is 53.0 Å². The SMILES string of the molecule is Cn1cc[n+](C)c1N=Nc1ccc(NCCCOCCCCOCCCNc2ccc(N=Nc3n(C)cc[n+]3C)cc2)cc1. The molecule has 0 radical (unpaired) electrons. The second-order valence-electron chi connectivity index (χ2n) is 10.6. The number of rotatable bonds is 19. The Balaban J connectivity index is 0.946. The van der Waals surface area contributed by atoms with Gasteiger partial charge in [-0.15, -0.1) is 0 Å². The molecule has 2 N–H and O–H groups in total. The van der Waals surface area contributed by atoms with Crippen LogP contribution < -0.4 is 19.8 Å². The van der Waals surface area contributed by atoms with Crippen molar-refractivity contribution < 1.29 is 18.6 Å². The largest absolute Gasteiger partial charge is 0.421 e. The summed E-state index contributed by atoms with van der Waals surface area (Å²) in [5, 5.41) is 24.2. The number of unbranched alkanes of at least 4 members (excludes halogenated alkanes) is 1. The minimum absolute atomic E-state index is 0.745. The second-order valence-corrected chi connectivity index (χ2v) is 10.6. The Hall–Kier alpha value is -4.42. The Morgan fingerprint density at radius 2 is 0.955 bits per heavy atom. The maximum absolute atomic E-state index is 5.77. The number of azo groups is 2. The number of anilines is 2. The van der Waals surface area contributed by atoms with Crippen LogP contribution in [0.1, 0.15) is 25.7 Å². The van der Waals surface area contributed by atoms with Gasteiger partial charge in [-0.1, -0.05) is 10.2 Å². The molecule has 44 heavy (non-hydrogen) atoms. The molecule has 2 aromatic carbocycles. The molecule has 4 aromatic rings. The number of nitrogens with one attached hydrogen (secondary N) is 2. The van der Waals surface area contributed by atoms with E-state index in [0.29, 0.717) is 0 Å². The molecule has 0 spiro atoms. The molecule has 234 valence electrons. The van der Waals surface area contributed by atoms with Gasteiger partial charge < -0.3 is 20.1 Å². The van der Waals surface area contributed by atoms with Gasteiger partial charge in [-0.05, 0) is 74.2 Å². The van der Waals surface area contributed by atoms with E-state index in [1.54, 1.807) is 0 Å². The first-order chi connectivity index (χ1) is 21.5. The Labute approximate surface area is 260 Å². The Morgan fingerprint density at radius 3 is 1.32 bits per heavy atom. The van der Waals surface area contributed by atoms with Crippen molar-refractivity contribution >= 4 is 34.6 Å². The lowest BCUT2D eigenvalue weighted by atomic mass is 10.3. The van der Waals surface area contributed by atoms with Crippen molar-refractivity contribution in [3.8, 4) is 0 Å². The standard InChI is InChI=1S/C32H44N10O2/c1-39-19-20-40(2)31(39)37-35-29-13-9-27(10-14-29)33-17-7-25-43-23-5-6-24-44-26-8-18-34-28-11-15-30(16-12-28)36-38-32-41(3)21-22-42(32)4/h9-16,19-22H,5-8,17-18,23-26H2,1-4H3/p+2. The van der Waals surface area contributed by atoms with Gasteiger partial charge in [0, 0.05) is 61.1 Å². The zero-order chi connectivity index (χ0) is 31.0. The van der Waals surface area contributed by atoms with Crippen molar-refractivity contribution in [1.82, 2.24) is 9.13 Å². The lowest BCUT2D eigenvalue weighted by Gasteiger charge is -2.08. The monoisotopic (exact) mass is 602 g/mol. The molecule has 0 aliphatic rings. The van der Waals surface area contributed by atoms with Gasteiger partial charge in [0.2, 0.25) is 0 Å². The fraction of sp³-hybridized carbons (Fsp3) is 0.438. The summed E-state index contributed by atoms with van der Waals surface area (Å²) in [5.41, 5.74) is 3.77. The average Bonchev–Trinajstić information content (AvgIpc) is 3.54. The quantitative estimate of drug-likeness (QED) is 0.0784. The van der Waals surface area contributed by atoms with Crippen molar-refractivity contribution in [2.75, 3.05) is 50.2 Å². The summed E-state index contributed by atoms with van der Waals surface area (Å²) in [6, 6.07) is 15.9. The molecule has 12 heteroatoms. The summed E-state index contributed by atoms with van der Waals surface area (Å²) in [4.78, 5) is 0. The van der Waals surface area contributed by atoms with E-state index in [0.717, 1.165) is 99.8 Å². The van der Waals surface area contributed by atoms with Crippen molar-refractivity contribution in [3.63, 3.8) is 0 Å². The third-order valence-electron chi connectivity index (χ3n) is 6.95. The summed E-state index contributed by atoms with van der Waals surface area (Å²) < 4.78 is 19.3. The van der Waals surface area contributed by atoms with E-state index < -0.39 is 0 Å². The number of ether oxygens (including phenoxy) is 2. The van der Waals surface area contributed by atoms with Gasteiger partial charge in [-0.3, -0.25) is 0 Å². The maximum Gasteiger partial charge on any atom is 0.421 e. The number of nitrogens with zero attached hydrogens (tertiary/aromatic N) is 8. The van der Waals surface area contributed by atoms with Gasteiger partial charge in [0.25, 0.3) is 0 Å². The average molecular weight is 603 g/mol. The molecule has 0 fully saturated rings. The summed E-state index contributed by atoms with van der Waals surface area (Å²) in [7, 11) is 7.80. The van der Waals surface area contributed by atoms with Crippen molar-refractivity contribution in [2.45, 2.75) is 25.7 Å². The van der Waals surface area contributed by atoms with Crippen LogP contribution in [0.5, 0.6) is 0 Å². The number of aryl methyl sites for hydroxylation is 4. The van der Waals surface area contributed by atoms with Crippen LogP contribution in [0, 0.1) is 0 Å². The predicted octanol–water partition coefficient (Wildman–Crippen LogP) is 5.96. The van der Waals surface area contributed by atoms with E-state index in [2.05, 4.69) is 31.1 Å². The van der Waals surface area contributed by atoms with Crippen LogP contribution in [0.4, 0.5) is 34.6 Å². The first-order valence-corrected chi connectivity index (χ1v) is 15.2. The molecule has 0 saturated heterocycles. The first-order valence-electron chi connectivity index (χ1n) is 15.2. The van der Waals surface area contributed by atoms with Gasteiger partial charge in [-0.25, -0.2) is 18.3 Å². The van der Waals surface area contributed by atoms with Crippen molar-refractivity contribution in [3.05, 3.63) is 73.3 Å². The summed E-state index contributed by atoms with van der Waals surface area (Å²) in [6.07, 6.45) is 11.7. The fourth-order valence-corrected chi connectivity index (χ4v) is 4.37. The highest BCUT2D eigenvalue weighted by atomic mass is 16.5. The second kappa shape index (κ2) is 17.6. The molecule has 2 aromatic heterocycles. The highest BCUT2D eigenvalue weighted by Crippen LogP contribution is 2.20. The van der Waals surface area contributed by atoms with Gasteiger partial charge >= 0.3 is 11.9 Å². The molecular weight excluding hydrogens is 556 g/mol. The van der Waals surface area contributed by atoms with E-state index in [4.69, 9.17) is 9.47 Å². The lowest BCUT2D eigenvalue weighted by molar-refractivity contribution is -0.657. The van der Waals surface area contributed by atoms with Crippen molar-refractivity contribution in [1.29, 1.82) is 0 Å². The van der Waals surface area contributed by atoms with Crippen LogP contribution in [0.2, 0.25) is 0 Å². The molecule has 0 saturated carbocycles. The van der Waals surface area contributed by atoms with Crippen molar-refractivity contribution in [2.24, 2.45) is 48.6 Å². The number of hydrogen-bond acceptors (Lipinski definition) is 8. The van der Waals surface area contributed by atoms with Gasteiger partial charge in [0.1, 0.15) is 11.4 Å². The molecule has 0 unspecified atom stereocenters. The molecule has 0 aliphatic heterocycles. The minimum atomic E-state index is 0.745.